The van der Waals surface area contributed by atoms with Crippen molar-refractivity contribution >= 4 is 39.1 Å². The molecule has 4 nitrogen and oxygen atoms in total. The summed E-state index contributed by atoms with van der Waals surface area (Å²) in [6.07, 6.45) is 0.412. The molecule has 0 spiro atoms. The third-order valence-corrected chi connectivity index (χ3v) is 4.85. The second kappa shape index (κ2) is 6.52. The number of hydrogen-bond donors (Lipinski definition) is 2. The molecule has 6 heteroatoms. The van der Waals surface area contributed by atoms with Crippen molar-refractivity contribution in [1.29, 1.82) is 0 Å². The fourth-order valence-corrected chi connectivity index (χ4v) is 2.92. The largest absolute Gasteiger partial charge is 0.481 e. The number of hydrogen-bond acceptors (Lipinski definition) is 3. The molecular weight excluding hydrogens is 330 g/mol. The summed E-state index contributed by atoms with van der Waals surface area (Å²) < 4.78 is 0.995. The Morgan fingerprint density at radius 2 is 2.11 bits per heavy atom. The molecule has 0 aliphatic rings. The zero-order chi connectivity index (χ0) is 14.6. The van der Waals surface area contributed by atoms with Crippen molar-refractivity contribution in [2.75, 3.05) is 6.54 Å². The number of nitrogens with one attached hydrogen (secondary N) is 1. The smallest absolute Gasteiger partial charge is 0.309 e. The van der Waals surface area contributed by atoms with Crippen molar-refractivity contribution in [2.24, 2.45) is 5.41 Å². The quantitative estimate of drug-likeness (QED) is 0.830. The van der Waals surface area contributed by atoms with Crippen LogP contribution >= 0.6 is 27.3 Å². The van der Waals surface area contributed by atoms with E-state index in [0.29, 0.717) is 13.0 Å². The van der Waals surface area contributed by atoms with Crippen LogP contribution in [0, 0.1) is 5.41 Å². The molecule has 0 saturated heterocycles. The van der Waals surface area contributed by atoms with Gasteiger partial charge in [0, 0.05) is 11.4 Å². The summed E-state index contributed by atoms with van der Waals surface area (Å²) in [7, 11) is 0. The number of carbonyl (C=O) groups is 2. The van der Waals surface area contributed by atoms with Gasteiger partial charge >= 0.3 is 5.97 Å². The van der Waals surface area contributed by atoms with Gasteiger partial charge in [-0.3, -0.25) is 9.59 Å². The normalized spacial score (nSPS) is 13.1. The Bertz CT molecular complexity index is 470. The van der Waals surface area contributed by atoms with Gasteiger partial charge in [-0.1, -0.05) is 0 Å². The van der Waals surface area contributed by atoms with Gasteiger partial charge in [-0.15, -0.1) is 11.3 Å². The molecule has 0 aliphatic heterocycles. The second-order valence-electron chi connectivity index (χ2n) is 5.09. The van der Waals surface area contributed by atoms with Crippen LogP contribution in [-0.4, -0.2) is 23.5 Å². The maximum absolute atomic E-state index is 11.9. The van der Waals surface area contributed by atoms with Crippen LogP contribution in [-0.2, 0) is 9.59 Å². The minimum absolute atomic E-state index is 0.0736. The van der Waals surface area contributed by atoms with Crippen molar-refractivity contribution < 1.29 is 14.7 Å². The van der Waals surface area contributed by atoms with Gasteiger partial charge in [0.05, 0.1) is 15.1 Å². The molecule has 1 aromatic rings. The van der Waals surface area contributed by atoms with E-state index in [4.69, 9.17) is 5.11 Å². The Morgan fingerprint density at radius 3 is 2.58 bits per heavy atom. The number of halogens is 1. The SMILES string of the molecule is CC(C(=O)NCCC(C)(C)C(=O)O)c1ccc(Br)s1. The predicted molar refractivity (Wildman–Crippen MR) is 79.5 cm³/mol. The van der Waals surface area contributed by atoms with Gasteiger partial charge in [0.2, 0.25) is 5.91 Å². The Morgan fingerprint density at radius 1 is 1.47 bits per heavy atom. The highest BCUT2D eigenvalue weighted by atomic mass is 79.9. The molecule has 106 valence electrons. The van der Waals surface area contributed by atoms with Gasteiger partial charge in [-0.25, -0.2) is 0 Å². The Hall–Kier alpha value is -0.880. The molecule has 1 atom stereocenters. The van der Waals surface area contributed by atoms with Crippen molar-refractivity contribution in [2.45, 2.75) is 33.1 Å². The van der Waals surface area contributed by atoms with E-state index in [9.17, 15) is 9.59 Å². The molecule has 0 aliphatic carbocycles. The fraction of sp³-hybridized carbons (Fsp3) is 0.538. The molecular formula is C13H18BrNO3S. The van der Waals surface area contributed by atoms with E-state index in [1.807, 2.05) is 19.1 Å². The summed E-state index contributed by atoms with van der Waals surface area (Å²) in [6.45, 7) is 5.52. The van der Waals surface area contributed by atoms with Crippen LogP contribution < -0.4 is 5.32 Å². The monoisotopic (exact) mass is 347 g/mol. The van der Waals surface area contributed by atoms with Gasteiger partial charge in [0.1, 0.15) is 0 Å². The Kier molecular flexibility index (Phi) is 5.55. The fourth-order valence-electron chi connectivity index (χ4n) is 1.45. The van der Waals surface area contributed by atoms with Gasteiger partial charge in [-0.2, -0.15) is 0 Å². The highest BCUT2D eigenvalue weighted by Crippen LogP contribution is 2.28. The summed E-state index contributed by atoms with van der Waals surface area (Å²) in [5.41, 5.74) is -0.817. The minimum Gasteiger partial charge on any atom is -0.481 e. The van der Waals surface area contributed by atoms with Gasteiger partial charge in [0.15, 0.2) is 0 Å². The number of carbonyl (C=O) groups excluding carboxylic acids is 1. The van der Waals surface area contributed by atoms with Gasteiger partial charge < -0.3 is 10.4 Å². The maximum Gasteiger partial charge on any atom is 0.309 e. The number of aliphatic carboxylic acids is 1. The molecule has 0 aromatic carbocycles. The lowest BCUT2D eigenvalue weighted by Crippen LogP contribution is -2.33. The second-order valence-corrected chi connectivity index (χ2v) is 7.59. The number of carboxylic acid groups (broad SMARTS) is 1. The first-order valence-electron chi connectivity index (χ1n) is 6.00. The zero-order valence-electron chi connectivity index (χ0n) is 11.2. The summed E-state index contributed by atoms with van der Waals surface area (Å²) in [5, 5.41) is 11.8. The van der Waals surface area contributed by atoms with Crippen LogP contribution in [0.3, 0.4) is 0 Å². The summed E-state index contributed by atoms with van der Waals surface area (Å²) in [5.74, 6) is -1.14. The first-order chi connectivity index (χ1) is 8.74. The molecule has 1 amide bonds. The maximum atomic E-state index is 11.9. The molecule has 1 unspecified atom stereocenters. The summed E-state index contributed by atoms with van der Waals surface area (Å²) in [6, 6.07) is 3.83. The van der Waals surface area contributed by atoms with E-state index in [-0.39, 0.29) is 11.8 Å². The van der Waals surface area contributed by atoms with Crippen molar-refractivity contribution in [3.05, 3.63) is 20.8 Å². The average molecular weight is 348 g/mol. The Labute approximate surface area is 125 Å². The first kappa shape index (κ1) is 16.2. The topological polar surface area (TPSA) is 66.4 Å². The predicted octanol–water partition coefficient (Wildman–Crippen LogP) is 3.23. The van der Waals surface area contributed by atoms with Crippen molar-refractivity contribution in [3.63, 3.8) is 0 Å². The van der Waals surface area contributed by atoms with E-state index in [0.717, 1.165) is 8.66 Å². The molecule has 1 aromatic heterocycles. The van der Waals surface area contributed by atoms with E-state index < -0.39 is 11.4 Å². The molecule has 0 radical (unpaired) electrons. The van der Waals surface area contributed by atoms with Crippen LogP contribution in [0.4, 0.5) is 0 Å². The minimum atomic E-state index is -0.850. The number of thiophene rings is 1. The van der Waals surface area contributed by atoms with Crippen molar-refractivity contribution in [3.8, 4) is 0 Å². The van der Waals surface area contributed by atoms with Gasteiger partial charge in [0.25, 0.3) is 0 Å². The van der Waals surface area contributed by atoms with E-state index in [1.54, 1.807) is 13.8 Å². The van der Waals surface area contributed by atoms with Crippen LogP contribution in [0.5, 0.6) is 0 Å². The van der Waals surface area contributed by atoms with Crippen LogP contribution in [0.1, 0.15) is 38.0 Å². The van der Waals surface area contributed by atoms with E-state index in [2.05, 4.69) is 21.2 Å². The van der Waals surface area contributed by atoms with Crippen LogP contribution in [0.25, 0.3) is 0 Å². The lowest BCUT2D eigenvalue weighted by atomic mass is 9.89. The summed E-state index contributed by atoms with van der Waals surface area (Å²) in [4.78, 5) is 23.9. The van der Waals surface area contributed by atoms with Crippen LogP contribution in [0.2, 0.25) is 0 Å². The standard InChI is InChI=1S/C13H18BrNO3S/c1-8(9-4-5-10(14)19-9)11(16)15-7-6-13(2,3)12(17)18/h4-5,8H,6-7H2,1-3H3,(H,15,16)(H,17,18). The third-order valence-electron chi connectivity index (χ3n) is 3.04. The van der Waals surface area contributed by atoms with Crippen LogP contribution in [0.15, 0.2) is 15.9 Å². The molecule has 1 heterocycles. The summed E-state index contributed by atoms with van der Waals surface area (Å²) >= 11 is 4.90. The highest BCUT2D eigenvalue weighted by Gasteiger charge is 2.27. The molecule has 1 rings (SSSR count). The third kappa shape index (κ3) is 4.62. The molecule has 19 heavy (non-hydrogen) atoms. The van der Waals surface area contributed by atoms with E-state index in [1.165, 1.54) is 11.3 Å². The first-order valence-corrected chi connectivity index (χ1v) is 7.61. The zero-order valence-corrected chi connectivity index (χ0v) is 13.6. The number of rotatable bonds is 6. The lowest BCUT2D eigenvalue weighted by Gasteiger charge is -2.19. The molecule has 0 bridgehead atoms. The lowest BCUT2D eigenvalue weighted by molar-refractivity contribution is -0.147. The average Bonchev–Trinajstić information content (AvgIpc) is 2.74. The van der Waals surface area contributed by atoms with E-state index >= 15 is 0 Å². The molecule has 0 saturated carbocycles. The number of carboxylic acids is 1. The molecule has 0 fully saturated rings. The molecule has 2 N–H and O–H groups in total. The highest BCUT2D eigenvalue weighted by molar-refractivity contribution is 9.11. The number of amides is 1. The van der Waals surface area contributed by atoms with Gasteiger partial charge in [-0.05, 0) is 55.3 Å². The Balaban J connectivity index is 2.46. The van der Waals surface area contributed by atoms with Crippen molar-refractivity contribution in [1.82, 2.24) is 5.32 Å².